The summed E-state index contributed by atoms with van der Waals surface area (Å²) in [5.74, 6) is -1.68. The van der Waals surface area contributed by atoms with Crippen LogP contribution in [-0.2, 0) is 13.9 Å². The van der Waals surface area contributed by atoms with Crippen molar-refractivity contribution < 1.29 is 22.7 Å². The number of likely N-dealkylation sites (N-methyl/N-ethyl adjacent to an activating group) is 1. The van der Waals surface area contributed by atoms with Gasteiger partial charge in [-0.25, -0.2) is 18.7 Å². The summed E-state index contributed by atoms with van der Waals surface area (Å²) in [6.07, 6.45) is 0.992. The van der Waals surface area contributed by atoms with Crippen molar-refractivity contribution >= 4 is 20.0 Å². The molecule has 4 rings (SSSR count). The molecule has 1 saturated heterocycles. The number of rotatable bonds is 6. The van der Waals surface area contributed by atoms with Gasteiger partial charge in [0, 0.05) is 19.0 Å². The predicted octanol–water partition coefficient (Wildman–Crippen LogP) is 5.44. The van der Waals surface area contributed by atoms with Gasteiger partial charge in [-0.1, -0.05) is 26.8 Å². The van der Waals surface area contributed by atoms with E-state index in [-0.39, 0.29) is 29.2 Å². The molecule has 36 heavy (non-hydrogen) atoms. The first kappa shape index (κ1) is 26.9. The van der Waals surface area contributed by atoms with E-state index in [1.165, 1.54) is 18.5 Å². The molecule has 1 aromatic heterocycles. The zero-order valence-electron chi connectivity index (χ0n) is 22.4. The third kappa shape index (κ3) is 5.14. The maximum Gasteiger partial charge on any atom is 0.192 e. The topological polar surface area (TPSA) is 82.7 Å². The highest BCUT2D eigenvalue weighted by molar-refractivity contribution is 6.74. The Labute approximate surface area is 213 Å². The standard InChI is InChI=1S/C26H38F2N4O3Si/c1-25(2,3)36(7,8)35-22(15-9-10-17(27)18(28)11-15)16-12-19(24-23(16)33-26(4,5)34-24)32(6)21-13-20(29)30-14-31-21/h9-11,13-14,16,19,22-24H,12H2,1-8H3,(H2,29,30,31)/t16-,19-,22?,23-,24+/m1/s1. The monoisotopic (exact) mass is 520 g/mol. The summed E-state index contributed by atoms with van der Waals surface area (Å²) in [6, 6.07) is 5.66. The molecule has 1 aromatic carbocycles. The molecule has 2 aliphatic rings. The minimum Gasteiger partial charge on any atom is -0.410 e. The van der Waals surface area contributed by atoms with Gasteiger partial charge in [-0.2, -0.15) is 0 Å². The molecule has 1 unspecified atom stereocenters. The van der Waals surface area contributed by atoms with Crippen LogP contribution in [0.25, 0.3) is 0 Å². The molecule has 1 aliphatic carbocycles. The van der Waals surface area contributed by atoms with Crippen LogP contribution in [0.4, 0.5) is 20.4 Å². The molecule has 5 atom stereocenters. The molecular formula is C26H38F2N4O3Si. The fourth-order valence-corrected chi connectivity index (χ4v) is 6.28. The van der Waals surface area contributed by atoms with Crippen molar-refractivity contribution in [3.05, 3.63) is 47.8 Å². The number of fused-ring (bicyclic) bond motifs is 1. The van der Waals surface area contributed by atoms with Gasteiger partial charge in [-0.3, -0.25) is 0 Å². The molecule has 2 aromatic rings. The van der Waals surface area contributed by atoms with Crippen LogP contribution in [0, 0.1) is 17.6 Å². The smallest absolute Gasteiger partial charge is 0.192 e. The van der Waals surface area contributed by atoms with Gasteiger partial charge in [0.15, 0.2) is 25.7 Å². The number of benzene rings is 1. The van der Waals surface area contributed by atoms with Gasteiger partial charge in [-0.05, 0) is 56.1 Å². The van der Waals surface area contributed by atoms with Gasteiger partial charge >= 0.3 is 0 Å². The van der Waals surface area contributed by atoms with Crippen LogP contribution in [-0.4, -0.2) is 49.4 Å². The molecule has 0 bridgehead atoms. The average molecular weight is 521 g/mol. The van der Waals surface area contributed by atoms with Crippen molar-refractivity contribution in [2.45, 2.75) is 89.3 Å². The highest BCUT2D eigenvalue weighted by Crippen LogP contribution is 2.51. The second-order valence-corrected chi connectivity index (χ2v) is 16.7. The number of nitrogen functional groups attached to an aromatic ring is 1. The zero-order chi connectivity index (χ0) is 26.6. The number of hydrogen-bond acceptors (Lipinski definition) is 7. The Hall–Kier alpha value is -2.14. The van der Waals surface area contributed by atoms with Crippen LogP contribution >= 0.6 is 0 Å². The molecule has 0 amide bonds. The van der Waals surface area contributed by atoms with Crippen LogP contribution in [0.3, 0.4) is 0 Å². The maximum absolute atomic E-state index is 14.4. The van der Waals surface area contributed by atoms with E-state index in [0.29, 0.717) is 23.6 Å². The fraction of sp³-hybridized carbons (Fsp3) is 0.615. The normalized spacial score (nSPS) is 26.6. The molecule has 7 nitrogen and oxygen atoms in total. The Bertz CT molecular complexity index is 1110. The molecule has 0 radical (unpaired) electrons. The van der Waals surface area contributed by atoms with Crippen molar-refractivity contribution in [2.24, 2.45) is 5.92 Å². The van der Waals surface area contributed by atoms with E-state index in [9.17, 15) is 8.78 Å². The summed E-state index contributed by atoms with van der Waals surface area (Å²) in [5.41, 5.74) is 6.52. The van der Waals surface area contributed by atoms with E-state index >= 15 is 0 Å². The number of nitrogens with zero attached hydrogens (tertiary/aromatic N) is 3. The van der Waals surface area contributed by atoms with Gasteiger partial charge in [0.1, 0.15) is 24.1 Å². The second kappa shape index (κ2) is 9.31. The Balaban J connectivity index is 1.76. The van der Waals surface area contributed by atoms with Crippen molar-refractivity contribution in [3.8, 4) is 0 Å². The van der Waals surface area contributed by atoms with Crippen LogP contribution in [0.5, 0.6) is 0 Å². The third-order valence-electron chi connectivity index (χ3n) is 7.90. The van der Waals surface area contributed by atoms with E-state index < -0.39 is 31.8 Å². The summed E-state index contributed by atoms with van der Waals surface area (Å²) in [6.45, 7) is 14.6. The number of aromatic nitrogens is 2. The van der Waals surface area contributed by atoms with E-state index in [2.05, 4.69) is 43.8 Å². The molecular weight excluding hydrogens is 482 g/mol. The lowest BCUT2D eigenvalue weighted by Crippen LogP contribution is -2.44. The van der Waals surface area contributed by atoms with E-state index in [4.69, 9.17) is 19.6 Å². The first-order valence-electron chi connectivity index (χ1n) is 12.4. The third-order valence-corrected chi connectivity index (χ3v) is 12.4. The minimum absolute atomic E-state index is 0.0805. The van der Waals surface area contributed by atoms with Crippen LogP contribution in [0.2, 0.25) is 18.1 Å². The summed E-state index contributed by atoms with van der Waals surface area (Å²) in [7, 11) is -0.367. The van der Waals surface area contributed by atoms with Gasteiger partial charge in [0.25, 0.3) is 0 Å². The maximum atomic E-state index is 14.4. The van der Waals surface area contributed by atoms with Crippen molar-refractivity contribution in [3.63, 3.8) is 0 Å². The number of hydrogen-bond donors (Lipinski definition) is 1. The Morgan fingerprint density at radius 2 is 1.78 bits per heavy atom. The van der Waals surface area contributed by atoms with E-state index in [1.807, 2.05) is 25.8 Å². The highest BCUT2D eigenvalue weighted by Gasteiger charge is 2.58. The van der Waals surface area contributed by atoms with Gasteiger partial charge in [0.2, 0.25) is 0 Å². The SMILES string of the molecule is CN(c1cc(N)ncn1)[C@@H]1C[C@H](C(O[Si](C)(C)C(C)(C)C)c2ccc(F)c(F)c2)[C@H]2OC(C)(C)O[C@H]21. The highest BCUT2D eigenvalue weighted by atomic mass is 28.4. The van der Waals surface area contributed by atoms with Crippen molar-refractivity contribution in [2.75, 3.05) is 17.7 Å². The Kier molecular flexibility index (Phi) is 6.96. The summed E-state index contributed by atoms with van der Waals surface area (Å²) in [4.78, 5) is 10.4. The molecule has 10 heteroatoms. The first-order valence-corrected chi connectivity index (χ1v) is 15.3. The summed E-state index contributed by atoms with van der Waals surface area (Å²) >= 11 is 0. The van der Waals surface area contributed by atoms with Gasteiger partial charge < -0.3 is 24.5 Å². The van der Waals surface area contributed by atoms with Gasteiger partial charge in [-0.15, -0.1) is 0 Å². The Morgan fingerprint density at radius 3 is 2.39 bits per heavy atom. The molecule has 1 saturated carbocycles. The summed E-state index contributed by atoms with van der Waals surface area (Å²) < 4.78 is 48.1. The minimum atomic E-state index is -2.31. The fourth-order valence-electron chi connectivity index (χ4n) is 4.98. The predicted molar refractivity (Wildman–Crippen MR) is 138 cm³/mol. The Morgan fingerprint density at radius 1 is 1.11 bits per heavy atom. The number of anilines is 2. The number of nitrogens with two attached hydrogens (primary N) is 1. The molecule has 2 heterocycles. The zero-order valence-corrected chi connectivity index (χ0v) is 23.4. The van der Waals surface area contributed by atoms with E-state index in [0.717, 1.165) is 0 Å². The lowest BCUT2D eigenvalue weighted by atomic mass is 9.92. The van der Waals surface area contributed by atoms with Crippen molar-refractivity contribution in [1.82, 2.24) is 9.97 Å². The molecule has 1 aliphatic heterocycles. The molecule has 2 N–H and O–H groups in total. The first-order chi connectivity index (χ1) is 16.6. The summed E-state index contributed by atoms with van der Waals surface area (Å²) in [5, 5.41) is -0.0805. The second-order valence-electron chi connectivity index (χ2n) is 11.9. The van der Waals surface area contributed by atoms with Gasteiger partial charge in [0.05, 0.1) is 18.2 Å². The van der Waals surface area contributed by atoms with Crippen LogP contribution in [0.15, 0.2) is 30.6 Å². The lowest BCUT2D eigenvalue weighted by Gasteiger charge is -2.42. The molecule has 2 fully saturated rings. The largest absolute Gasteiger partial charge is 0.410 e. The number of halogens is 2. The average Bonchev–Trinajstić information content (AvgIpc) is 3.25. The number of ether oxygens (including phenoxy) is 2. The molecule has 198 valence electrons. The molecule has 0 spiro atoms. The van der Waals surface area contributed by atoms with Crippen LogP contribution < -0.4 is 10.6 Å². The quantitative estimate of drug-likeness (QED) is 0.508. The lowest BCUT2D eigenvalue weighted by molar-refractivity contribution is -0.162. The van der Waals surface area contributed by atoms with E-state index in [1.54, 1.807) is 12.1 Å². The van der Waals surface area contributed by atoms with Crippen molar-refractivity contribution in [1.29, 1.82) is 0 Å². The van der Waals surface area contributed by atoms with Crippen LogP contribution in [0.1, 0.15) is 52.7 Å².